The van der Waals surface area contributed by atoms with E-state index in [0.29, 0.717) is 75.2 Å². The maximum absolute atomic E-state index is 12.9. The molecule has 0 aliphatic carbocycles. The molecule has 10 nitrogen and oxygen atoms in total. The first-order valence-corrected chi connectivity index (χ1v) is 14.8. The number of halogens is 1. The smallest absolute Gasteiger partial charge is 0.292 e. The highest BCUT2D eigenvalue weighted by Crippen LogP contribution is 2.25. The second-order valence-corrected chi connectivity index (χ2v) is 12.2. The molecule has 3 aliphatic heterocycles. The molecule has 0 radical (unpaired) electrons. The van der Waals surface area contributed by atoms with Gasteiger partial charge in [-0.3, -0.25) is 4.79 Å². The van der Waals surface area contributed by atoms with E-state index in [1.54, 1.807) is 39.1 Å². The molecule has 3 aliphatic rings. The Hall–Kier alpha value is -2.18. The van der Waals surface area contributed by atoms with Crippen LogP contribution >= 0.6 is 11.6 Å². The van der Waals surface area contributed by atoms with Gasteiger partial charge < -0.3 is 14.8 Å². The fraction of sp³-hybridized carbons (Fsp3) is 0.600. The zero-order valence-corrected chi connectivity index (χ0v) is 22.4. The molecular formula is C25H34ClN5O5S. The van der Waals surface area contributed by atoms with Gasteiger partial charge in [0.05, 0.1) is 24.2 Å². The summed E-state index contributed by atoms with van der Waals surface area (Å²) < 4.78 is 41.6. The quantitative estimate of drug-likeness (QED) is 0.537. The minimum atomic E-state index is -3.36. The van der Waals surface area contributed by atoms with Crippen molar-refractivity contribution in [1.29, 1.82) is 0 Å². The van der Waals surface area contributed by atoms with Gasteiger partial charge in [-0.05, 0) is 68.7 Å². The molecule has 1 atom stereocenters. The van der Waals surface area contributed by atoms with E-state index in [4.69, 9.17) is 21.1 Å². The van der Waals surface area contributed by atoms with E-state index < -0.39 is 15.8 Å². The van der Waals surface area contributed by atoms with E-state index >= 15 is 0 Å². The van der Waals surface area contributed by atoms with Crippen molar-refractivity contribution < 1.29 is 17.9 Å². The largest absolute Gasteiger partial charge is 0.490 e. The van der Waals surface area contributed by atoms with Gasteiger partial charge in [-0.15, -0.1) is 0 Å². The zero-order chi connectivity index (χ0) is 25.8. The first-order chi connectivity index (χ1) is 17.9. The predicted molar refractivity (Wildman–Crippen MR) is 142 cm³/mol. The molecule has 0 saturated carbocycles. The number of ether oxygens (including phenoxy) is 2. The lowest BCUT2D eigenvalue weighted by molar-refractivity contribution is 0.0595. The first kappa shape index (κ1) is 26.4. The van der Waals surface area contributed by atoms with Gasteiger partial charge in [0.25, 0.3) is 15.8 Å². The van der Waals surface area contributed by atoms with Crippen molar-refractivity contribution in [2.75, 3.05) is 51.3 Å². The van der Waals surface area contributed by atoms with Crippen molar-refractivity contribution in [2.45, 2.75) is 44.6 Å². The minimum absolute atomic E-state index is 0.0638. The molecule has 1 aromatic carbocycles. The Morgan fingerprint density at radius 2 is 1.73 bits per heavy atom. The van der Waals surface area contributed by atoms with Crippen LogP contribution < -0.4 is 15.6 Å². The minimum Gasteiger partial charge on any atom is -0.490 e. The molecule has 37 heavy (non-hydrogen) atoms. The van der Waals surface area contributed by atoms with E-state index in [-0.39, 0.29) is 11.1 Å². The number of anilines is 1. The summed E-state index contributed by atoms with van der Waals surface area (Å²) in [6.45, 7) is 4.33. The average Bonchev–Trinajstić information content (AvgIpc) is 3.47. The summed E-state index contributed by atoms with van der Waals surface area (Å²) >= 11 is 6.37. The van der Waals surface area contributed by atoms with Gasteiger partial charge in [-0.2, -0.15) is 26.8 Å². The van der Waals surface area contributed by atoms with Gasteiger partial charge in [-0.1, -0.05) is 11.6 Å². The van der Waals surface area contributed by atoms with Gasteiger partial charge in [-0.25, -0.2) is 0 Å². The molecule has 0 bridgehead atoms. The van der Waals surface area contributed by atoms with Crippen LogP contribution in [0, 0.1) is 5.92 Å². The molecule has 1 aromatic heterocycles. The third kappa shape index (κ3) is 6.12. The summed E-state index contributed by atoms with van der Waals surface area (Å²) in [6, 6.07) is 7.11. The van der Waals surface area contributed by atoms with Crippen molar-refractivity contribution in [3.05, 3.63) is 45.8 Å². The van der Waals surface area contributed by atoms with Crippen LogP contribution in [0.4, 0.5) is 5.69 Å². The lowest BCUT2D eigenvalue weighted by Crippen LogP contribution is -2.47. The number of hydrogen-bond donors (Lipinski definition) is 1. The highest BCUT2D eigenvalue weighted by Gasteiger charge is 2.34. The lowest BCUT2D eigenvalue weighted by Gasteiger charge is -2.33. The lowest BCUT2D eigenvalue weighted by atomic mass is 10.0. The number of rotatable bonds is 8. The molecule has 3 saturated heterocycles. The van der Waals surface area contributed by atoms with Crippen LogP contribution in [0.5, 0.6) is 5.75 Å². The zero-order valence-electron chi connectivity index (χ0n) is 20.9. The van der Waals surface area contributed by atoms with Crippen LogP contribution in [0.3, 0.4) is 0 Å². The molecule has 4 heterocycles. The normalized spacial score (nSPS) is 22.2. The maximum Gasteiger partial charge on any atom is 0.292 e. The maximum atomic E-state index is 12.9. The molecule has 3 fully saturated rings. The number of aromatic nitrogens is 2. The van der Waals surface area contributed by atoms with E-state index in [9.17, 15) is 13.2 Å². The van der Waals surface area contributed by atoms with Gasteiger partial charge in [0.15, 0.2) is 0 Å². The second-order valence-electron chi connectivity index (χ2n) is 9.88. The van der Waals surface area contributed by atoms with Crippen molar-refractivity contribution in [1.82, 2.24) is 18.4 Å². The number of benzene rings is 1. The van der Waals surface area contributed by atoms with Gasteiger partial charge in [0.2, 0.25) is 0 Å². The Morgan fingerprint density at radius 3 is 2.41 bits per heavy atom. The van der Waals surface area contributed by atoms with Crippen molar-refractivity contribution in [2.24, 2.45) is 5.92 Å². The first-order valence-electron chi connectivity index (χ1n) is 13.0. The van der Waals surface area contributed by atoms with Crippen LogP contribution in [0.2, 0.25) is 5.02 Å². The van der Waals surface area contributed by atoms with Gasteiger partial charge in [0.1, 0.15) is 16.9 Å². The monoisotopic (exact) mass is 551 g/mol. The van der Waals surface area contributed by atoms with E-state index in [2.05, 4.69) is 10.4 Å². The highest BCUT2D eigenvalue weighted by molar-refractivity contribution is 7.86. The molecule has 12 heteroatoms. The summed E-state index contributed by atoms with van der Waals surface area (Å²) in [5, 5.41) is 7.63. The molecular weight excluding hydrogens is 518 g/mol. The standard InChI is InChI=1S/C25H34ClN5O5S/c26-24-23(27-16-19-4-3-15-35-18-19)17-28-31(25(24)32)20-5-7-21(8-6-20)36-22-9-13-30(14-10-22)37(33,34)29-11-1-2-12-29/h5-8,17,19,22,27H,1-4,9-16,18H2/t19-/m0/s1. The Bertz CT molecular complexity index is 1220. The number of piperidine rings is 1. The van der Waals surface area contributed by atoms with Gasteiger partial charge in [0, 0.05) is 39.3 Å². The summed E-state index contributed by atoms with van der Waals surface area (Å²) in [5.41, 5.74) is 0.705. The molecule has 5 rings (SSSR count). The fourth-order valence-corrected chi connectivity index (χ4v) is 7.00. The fourth-order valence-electron chi connectivity index (χ4n) is 5.08. The van der Waals surface area contributed by atoms with Crippen molar-refractivity contribution in [3.8, 4) is 11.4 Å². The SMILES string of the molecule is O=c1c(Cl)c(NC[C@@H]2CCCOC2)cnn1-c1ccc(OC2CCN(S(=O)(=O)N3CCCC3)CC2)cc1. The Labute approximate surface area is 222 Å². The number of nitrogens with zero attached hydrogens (tertiary/aromatic N) is 4. The highest BCUT2D eigenvalue weighted by atomic mass is 35.5. The van der Waals surface area contributed by atoms with Crippen molar-refractivity contribution in [3.63, 3.8) is 0 Å². The molecule has 0 spiro atoms. The third-order valence-corrected chi connectivity index (χ3v) is 9.66. The molecule has 0 unspecified atom stereocenters. The van der Waals surface area contributed by atoms with E-state index in [1.165, 1.54) is 4.68 Å². The van der Waals surface area contributed by atoms with Crippen molar-refractivity contribution >= 4 is 27.5 Å². The number of hydrogen-bond acceptors (Lipinski definition) is 7. The predicted octanol–water partition coefficient (Wildman–Crippen LogP) is 2.91. The average molecular weight is 552 g/mol. The van der Waals surface area contributed by atoms with Crippen LogP contribution in [-0.2, 0) is 14.9 Å². The van der Waals surface area contributed by atoms with Crippen LogP contribution in [0.25, 0.3) is 5.69 Å². The Balaban J connectivity index is 1.16. The van der Waals surface area contributed by atoms with Crippen LogP contribution in [0.15, 0.2) is 35.3 Å². The molecule has 0 amide bonds. The van der Waals surface area contributed by atoms with Crippen LogP contribution in [-0.4, -0.2) is 78.9 Å². The van der Waals surface area contributed by atoms with E-state index in [0.717, 1.165) is 32.3 Å². The second kappa shape index (κ2) is 11.7. The van der Waals surface area contributed by atoms with Crippen LogP contribution in [0.1, 0.15) is 38.5 Å². The summed E-state index contributed by atoms with van der Waals surface area (Å²) in [4.78, 5) is 12.9. The number of nitrogens with one attached hydrogen (secondary N) is 1. The third-order valence-electron chi connectivity index (χ3n) is 7.26. The molecule has 2 aromatic rings. The molecule has 202 valence electrons. The summed E-state index contributed by atoms with van der Waals surface area (Å²) in [6.07, 6.45) is 6.76. The summed E-state index contributed by atoms with van der Waals surface area (Å²) in [5.74, 6) is 1.05. The topological polar surface area (TPSA) is 106 Å². The summed E-state index contributed by atoms with van der Waals surface area (Å²) in [7, 11) is -3.36. The Morgan fingerprint density at radius 1 is 1.03 bits per heavy atom. The van der Waals surface area contributed by atoms with E-state index in [1.807, 2.05) is 0 Å². The molecule has 1 N–H and O–H groups in total. The van der Waals surface area contributed by atoms with Gasteiger partial charge >= 0.3 is 0 Å². The Kier molecular flexibility index (Phi) is 8.35.